The van der Waals surface area contributed by atoms with Crippen LogP contribution in [0.15, 0.2) is 72.9 Å². The molecule has 0 heterocycles. The van der Waals surface area contributed by atoms with Gasteiger partial charge in [0.25, 0.3) is 0 Å². The molecule has 282 valence electrons. The zero-order valence-corrected chi connectivity index (χ0v) is 32.2. The highest BCUT2D eigenvalue weighted by Gasteiger charge is 2.19. The van der Waals surface area contributed by atoms with E-state index in [-0.39, 0.29) is 12.5 Å². The van der Waals surface area contributed by atoms with Crippen LogP contribution in [0.3, 0.4) is 0 Å². The summed E-state index contributed by atoms with van der Waals surface area (Å²) in [5, 5.41) is 23.1. The van der Waals surface area contributed by atoms with E-state index in [1.54, 1.807) is 0 Å². The Bertz CT molecular complexity index is 868. The summed E-state index contributed by atoms with van der Waals surface area (Å²) in [5.41, 5.74) is 0. The quantitative estimate of drug-likeness (QED) is 0.0455. The molecule has 0 aromatic rings. The van der Waals surface area contributed by atoms with Gasteiger partial charge in [-0.2, -0.15) is 0 Å². The standard InChI is InChI=1S/C45H79NO3/c1-3-5-7-9-11-13-15-17-19-21-23-25-27-29-31-33-35-37-39-41-45(49)46-43(42-47)44(48)40-38-36-34-32-30-28-26-24-22-20-18-16-14-12-10-8-6-4-2/h5,7,11,13,17,19,23,25,29,31,35,37,43-44,47-48H,3-4,6,8-10,12,14-16,18,20-22,24,26-28,30,32-34,36,38-42H2,1-2H3,(H,46,49)/b7-5-,13-11-,19-17-,25-23-,31-29-,37-35-. The van der Waals surface area contributed by atoms with Crippen LogP contribution in [-0.4, -0.2) is 34.9 Å². The molecule has 0 spiro atoms. The molecule has 4 heteroatoms. The zero-order valence-electron chi connectivity index (χ0n) is 32.2. The number of aliphatic hydroxyl groups is 2. The molecule has 3 N–H and O–H groups in total. The molecule has 0 aliphatic rings. The van der Waals surface area contributed by atoms with Gasteiger partial charge in [-0.05, 0) is 51.4 Å². The minimum atomic E-state index is -0.694. The third-order valence-electron chi connectivity index (χ3n) is 9.00. The first kappa shape index (κ1) is 46.8. The molecule has 0 fully saturated rings. The van der Waals surface area contributed by atoms with E-state index in [1.807, 2.05) is 6.08 Å². The minimum Gasteiger partial charge on any atom is -0.394 e. The highest BCUT2D eigenvalue weighted by atomic mass is 16.3. The fourth-order valence-electron chi connectivity index (χ4n) is 5.85. The van der Waals surface area contributed by atoms with Crippen molar-refractivity contribution >= 4 is 5.91 Å². The number of allylic oxidation sites excluding steroid dienone is 12. The summed E-state index contributed by atoms with van der Waals surface area (Å²) >= 11 is 0. The Kier molecular flexibility index (Phi) is 38.5. The van der Waals surface area contributed by atoms with Gasteiger partial charge in [0.15, 0.2) is 0 Å². The Morgan fingerprint density at radius 3 is 1.22 bits per heavy atom. The highest BCUT2D eigenvalue weighted by molar-refractivity contribution is 5.76. The summed E-state index contributed by atoms with van der Waals surface area (Å²) in [4.78, 5) is 12.3. The maximum Gasteiger partial charge on any atom is 0.220 e. The lowest BCUT2D eigenvalue weighted by atomic mass is 10.0. The van der Waals surface area contributed by atoms with Crippen molar-refractivity contribution in [2.45, 2.75) is 199 Å². The van der Waals surface area contributed by atoms with Crippen molar-refractivity contribution < 1.29 is 15.0 Å². The smallest absolute Gasteiger partial charge is 0.220 e. The molecule has 0 radical (unpaired) electrons. The van der Waals surface area contributed by atoms with Crippen LogP contribution in [-0.2, 0) is 4.79 Å². The van der Waals surface area contributed by atoms with E-state index in [2.05, 4.69) is 86.0 Å². The molecule has 0 aromatic carbocycles. The van der Waals surface area contributed by atoms with Gasteiger partial charge in [0.1, 0.15) is 0 Å². The van der Waals surface area contributed by atoms with Crippen LogP contribution in [0.2, 0.25) is 0 Å². The molecule has 0 saturated carbocycles. The van der Waals surface area contributed by atoms with Crippen LogP contribution in [0.4, 0.5) is 0 Å². The SMILES string of the molecule is CC/C=C\C/C=C\C/C=C\C/C=C\C/C=C\C/C=C\CCC(=O)NC(CO)C(O)CCCCCCCCCCCCCCCCCCCC. The monoisotopic (exact) mass is 682 g/mol. The van der Waals surface area contributed by atoms with Gasteiger partial charge in [-0.1, -0.05) is 202 Å². The predicted molar refractivity (Wildman–Crippen MR) is 216 cm³/mol. The lowest BCUT2D eigenvalue weighted by Gasteiger charge is -2.22. The Hall–Kier alpha value is -2.17. The number of rotatable bonds is 36. The van der Waals surface area contributed by atoms with Crippen molar-refractivity contribution in [3.63, 3.8) is 0 Å². The lowest BCUT2D eigenvalue weighted by molar-refractivity contribution is -0.123. The van der Waals surface area contributed by atoms with Gasteiger partial charge in [0, 0.05) is 6.42 Å². The molecule has 0 bridgehead atoms. The summed E-state index contributed by atoms with van der Waals surface area (Å²) in [5.74, 6) is -0.115. The second-order valence-electron chi connectivity index (χ2n) is 13.7. The third kappa shape index (κ3) is 36.9. The van der Waals surface area contributed by atoms with E-state index < -0.39 is 12.1 Å². The molecule has 0 aliphatic heterocycles. The van der Waals surface area contributed by atoms with Crippen LogP contribution in [0.1, 0.15) is 187 Å². The number of amides is 1. The van der Waals surface area contributed by atoms with Crippen molar-refractivity contribution in [2.24, 2.45) is 0 Å². The van der Waals surface area contributed by atoms with E-state index in [0.29, 0.717) is 19.3 Å². The van der Waals surface area contributed by atoms with E-state index in [9.17, 15) is 15.0 Å². The average molecular weight is 682 g/mol. The van der Waals surface area contributed by atoms with Crippen molar-refractivity contribution in [3.8, 4) is 0 Å². The van der Waals surface area contributed by atoms with Crippen LogP contribution < -0.4 is 5.32 Å². The number of hydrogen-bond acceptors (Lipinski definition) is 3. The Morgan fingerprint density at radius 1 is 0.510 bits per heavy atom. The van der Waals surface area contributed by atoms with Crippen LogP contribution >= 0.6 is 0 Å². The molecule has 2 atom stereocenters. The number of hydrogen-bond donors (Lipinski definition) is 3. The van der Waals surface area contributed by atoms with Crippen molar-refractivity contribution in [1.29, 1.82) is 0 Å². The Labute approximate surface area is 304 Å². The van der Waals surface area contributed by atoms with E-state index in [4.69, 9.17) is 0 Å². The van der Waals surface area contributed by atoms with Crippen molar-refractivity contribution in [1.82, 2.24) is 5.32 Å². The number of aliphatic hydroxyl groups excluding tert-OH is 2. The molecule has 0 aromatic heterocycles. The number of unbranched alkanes of at least 4 members (excludes halogenated alkanes) is 17. The molecule has 2 unspecified atom stereocenters. The number of carbonyl (C=O) groups excluding carboxylic acids is 1. The van der Waals surface area contributed by atoms with Crippen LogP contribution in [0.5, 0.6) is 0 Å². The zero-order chi connectivity index (χ0) is 35.7. The molecule has 0 aliphatic carbocycles. The largest absolute Gasteiger partial charge is 0.394 e. The predicted octanol–water partition coefficient (Wildman–Crippen LogP) is 12.7. The summed E-state index contributed by atoms with van der Waals surface area (Å²) in [6.07, 6.45) is 56.9. The van der Waals surface area contributed by atoms with E-state index in [0.717, 1.165) is 51.4 Å². The molecule has 49 heavy (non-hydrogen) atoms. The topological polar surface area (TPSA) is 69.6 Å². The van der Waals surface area contributed by atoms with Gasteiger partial charge >= 0.3 is 0 Å². The van der Waals surface area contributed by atoms with Gasteiger partial charge in [-0.15, -0.1) is 0 Å². The van der Waals surface area contributed by atoms with Crippen molar-refractivity contribution in [2.75, 3.05) is 6.61 Å². The normalized spacial score (nSPS) is 13.8. The molecular formula is C45H79NO3. The molecular weight excluding hydrogens is 602 g/mol. The molecule has 0 saturated heterocycles. The van der Waals surface area contributed by atoms with Gasteiger partial charge in [0.05, 0.1) is 18.8 Å². The van der Waals surface area contributed by atoms with E-state index in [1.165, 1.54) is 103 Å². The van der Waals surface area contributed by atoms with Gasteiger partial charge in [-0.3, -0.25) is 4.79 Å². The van der Waals surface area contributed by atoms with Gasteiger partial charge in [0.2, 0.25) is 5.91 Å². The summed E-state index contributed by atoms with van der Waals surface area (Å²) < 4.78 is 0. The van der Waals surface area contributed by atoms with Crippen LogP contribution in [0, 0.1) is 0 Å². The number of carbonyl (C=O) groups is 1. The maximum atomic E-state index is 12.3. The second kappa shape index (κ2) is 40.3. The Morgan fingerprint density at radius 2 is 0.857 bits per heavy atom. The lowest BCUT2D eigenvalue weighted by Crippen LogP contribution is -2.45. The van der Waals surface area contributed by atoms with Crippen LogP contribution in [0.25, 0.3) is 0 Å². The minimum absolute atomic E-state index is 0.115. The fraction of sp³-hybridized carbons (Fsp3) is 0.711. The molecule has 0 rings (SSSR count). The van der Waals surface area contributed by atoms with Crippen molar-refractivity contribution in [3.05, 3.63) is 72.9 Å². The average Bonchev–Trinajstić information content (AvgIpc) is 3.10. The number of nitrogens with one attached hydrogen (secondary N) is 1. The fourth-order valence-corrected chi connectivity index (χ4v) is 5.85. The van der Waals surface area contributed by atoms with E-state index >= 15 is 0 Å². The third-order valence-corrected chi connectivity index (χ3v) is 9.00. The Balaban J connectivity index is 3.69. The molecule has 4 nitrogen and oxygen atoms in total. The van der Waals surface area contributed by atoms with Gasteiger partial charge in [-0.25, -0.2) is 0 Å². The van der Waals surface area contributed by atoms with Gasteiger partial charge < -0.3 is 15.5 Å². The first-order valence-electron chi connectivity index (χ1n) is 20.6. The molecule has 1 amide bonds. The first-order valence-corrected chi connectivity index (χ1v) is 20.6. The second-order valence-corrected chi connectivity index (χ2v) is 13.7. The first-order chi connectivity index (χ1) is 24.2. The highest BCUT2D eigenvalue weighted by Crippen LogP contribution is 2.15. The maximum absolute atomic E-state index is 12.3. The summed E-state index contributed by atoms with van der Waals surface area (Å²) in [6, 6.07) is -0.580. The summed E-state index contributed by atoms with van der Waals surface area (Å²) in [6.45, 7) is 4.21. The summed E-state index contributed by atoms with van der Waals surface area (Å²) in [7, 11) is 0.